The normalized spacial score (nSPS) is 10.5. The molecule has 0 amide bonds. The van der Waals surface area contributed by atoms with Crippen LogP contribution >= 0.6 is 11.6 Å². The summed E-state index contributed by atoms with van der Waals surface area (Å²) in [4.78, 5) is 12.5. The molecule has 0 radical (unpaired) electrons. The van der Waals surface area contributed by atoms with Gasteiger partial charge in [0.25, 0.3) is 5.69 Å². The van der Waals surface area contributed by atoms with Crippen LogP contribution in [0.15, 0.2) is 36.4 Å². The maximum Gasteiger partial charge on any atom is 0.288 e. The molecule has 0 spiro atoms. The van der Waals surface area contributed by atoms with Crippen LogP contribution in [-0.2, 0) is 6.54 Å². The fourth-order valence-electron chi connectivity index (χ4n) is 2.39. The number of hydrogen-bond donors (Lipinski definition) is 0. The number of nitrogens with zero attached hydrogens (tertiary/aromatic N) is 2. The van der Waals surface area contributed by atoms with Gasteiger partial charge in [0, 0.05) is 25.3 Å². The van der Waals surface area contributed by atoms with Crippen molar-refractivity contribution in [3.63, 3.8) is 0 Å². The number of nitro groups is 1. The van der Waals surface area contributed by atoms with Crippen molar-refractivity contribution < 1.29 is 4.92 Å². The number of hydrogen-bond acceptors (Lipinski definition) is 3. The van der Waals surface area contributed by atoms with Crippen LogP contribution in [0, 0.1) is 24.0 Å². The average Bonchev–Trinajstić information content (AvgIpc) is 2.40. The number of benzene rings is 2. The summed E-state index contributed by atoms with van der Waals surface area (Å²) in [6, 6.07) is 11.2. The van der Waals surface area contributed by atoms with Crippen molar-refractivity contribution in [2.24, 2.45) is 0 Å². The maximum atomic E-state index is 10.9. The molecule has 0 atom stereocenters. The summed E-state index contributed by atoms with van der Waals surface area (Å²) in [5, 5.41) is 11.1. The lowest BCUT2D eigenvalue weighted by atomic mass is 10.1. The Kier molecular flexibility index (Phi) is 4.48. The largest absolute Gasteiger partial charge is 0.370 e. The third kappa shape index (κ3) is 3.52. The second-order valence-corrected chi connectivity index (χ2v) is 5.60. The van der Waals surface area contributed by atoms with Gasteiger partial charge in [-0.2, -0.15) is 0 Å². The quantitative estimate of drug-likeness (QED) is 0.617. The monoisotopic (exact) mass is 304 g/mol. The van der Waals surface area contributed by atoms with Gasteiger partial charge in [-0.1, -0.05) is 35.4 Å². The van der Waals surface area contributed by atoms with Crippen LogP contribution in [0.25, 0.3) is 0 Å². The lowest BCUT2D eigenvalue weighted by molar-refractivity contribution is -0.384. The highest BCUT2D eigenvalue weighted by atomic mass is 35.5. The third-order valence-electron chi connectivity index (χ3n) is 3.39. The molecule has 0 aliphatic rings. The van der Waals surface area contributed by atoms with Crippen molar-refractivity contribution in [2.75, 3.05) is 11.9 Å². The zero-order valence-electron chi connectivity index (χ0n) is 12.3. The summed E-state index contributed by atoms with van der Waals surface area (Å²) >= 11 is 5.83. The van der Waals surface area contributed by atoms with Gasteiger partial charge in [0.1, 0.15) is 5.02 Å². The lowest BCUT2D eigenvalue weighted by Crippen LogP contribution is -2.17. The highest BCUT2D eigenvalue weighted by Crippen LogP contribution is 2.27. The molecular weight excluding hydrogens is 288 g/mol. The Morgan fingerprint density at radius 2 is 1.90 bits per heavy atom. The van der Waals surface area contributed by atoms with Gasteiger partial charge in [-0.25, -0.2) is 0 Å². The Morgan fingerprint density at radius 1 is 1.19 bits per heavy atom. The minimum atomic E-state index is -0.455. The molecular formula is C16H17ClN2O2. The number of aryl methyl sites for hydroxylation is 2. The summed E-state index contributed by atoms with van der Waals surface area (Å²) in [6.45, 7) is 4.70. The van der Waals surface area contributed by atoms with E-state index in [9.17, 15) is 10.1 Å². The van der Waals surface area contributed by atoms with Crippen molar-refractivity contribution in [1.29, 1.82) is 0 Å². The average molecular weight is 305 g/mol. The Hall–Kier alpha value is -2.07. The molecule has 4 nitrogen and oxygen atoms in total. The molecule has 0 aromatic heterocycles. The van der Waals surface area contributed by atoms with Crippen molar-refractivity contribution in [2.45, 2.75) is 20.4 Å². The van der Waals surface area contributed by atoms with Gasteiger partial charge in [-0.15, -0.1) is 0 Å². The summed E-state index contributed by atoms with van der Waals surface area (Å²) in [6.07, 6.45) is 0. The molecule has 0 aliphatic heterocycles. The SMILES string of the molecule is Cc1ccc(N(C)Cc2ccc(Cl)c([N+](=O)[O-])c2)c(C)c1. The van der Waals surface area contributed by atoms with E-state index in [1.165, 1.54) is 17.2 Å². The molecule has 110 valence electrons. The van der Waals surface area contributed by atoms with Gasteiger partial charge in [0.2, 0.25) is 0 Å². The molecule has 2 aromatic carbocycles. The van der Waals surface area contributed by atoms with E-state index in [1.807, 2.05) is 13.1 Å². The van der Waals surface area contributed by atoms with Crippen LogP contribution in [0.4, 0.5) is 11.4 Å². The molecule has 2 aromatic rings. The third-order valence-corrected chi connectivity index (χ3v) is 3.71. The van der Waals surface area contributed by atoms with E-state index in [-0.39, 0.29) is 10.7 Å². The Balaban J connectivity index is 2.25. The van der Waals surface area contributed by atoms with Gasteiger partial charge in [-0.05, 0) is 37.1 Å². The minimum absolute atomic E-state index is 0.0526. The van der Waals surface area contributed by atoms with Gasteiger partial charge in [0.05, 0.1) is 4.92 Å². The molecule has 5 heteroatoms. The first-order valence-corrected chi connectivity index (χ1v) is 6.97. The number of anilines is 1. The zero-order valence-corrected chi connectivity index (χ0v) is 13.0. The van der Waals surface area contributed by atoms with E-state index in [4.69, 9.17) is 11.6 Å². The lowest BCUT2D eigenvalue weighted by Gasteiger charge is -2.22. The molecule has 0 saturated carbocycles. The van der Waals surface area contributed by atoms with Gasteiger partial charge < -0.3 is 4.90 Å². The standard InChI is InChI=1S/C16H17ClN2O2/c1-11-4-7-15(12(2)8-11)18(3)10-13-5-6-14(17)16(9-13)19(20)21/h4-9H,10H2,1-3H3. The molecule has 0 N–H and O–H groups in total. The molecule has 0 unspecified atom stereocenters. The topological polar surface area (TPSA) is 46.4 Å². The first kappa shape index (κ1) is 15.3. The molecule has 0 saturated heterocycles. The number of halogens is 1. The van der Waals surface area contributed by atoms with Gasteiger partial charge in [-0.3, -0.25) is 10.1 Å². The fourth-order valence-corrected chi connectivity index (χ4v) is 2.58. The highest BCUT2D eigenvalue weighted by Gasteiger charge is 2.14. The number of rotatable bonds is 4. The smallest absolute Gasteiger partial charge is 0.288 e. The second-order valence-electron chi connectivity index (χ2n) is 5.19. The van der Waals surface area contributed by atoms with Crippen LogP contribution in [0.2, 0.25) is 5.02 Å². The Morgan fingerprint density at radius 3 is 2.52 bits per heavy atom. The summed E-state index contributed by atoms with van der Waals surface area (Å²) < 4.78 is 0. The molecule has 0 heterocycles. The maximum absolute atomic E-state index is 10.9. The van der Waals surface area contributed by atoms with Crippen molar-refractivity contribution in [3.05, 3.63) is 68.2 Å². The van der Waals surface area contributed by atoms with Crippen LogP contribution in [0.3, 0.4) is 0 Å². The summed E-state index contributed by atoms with van der Waals surface area (Å²) in [5.74, 6) is 0. The van der Waals surface area contributed by atoms with Crippen molar-refractivity contribution in [3.8, 4) is 0 Å². The predicted molar refractivity (Wildman–Crippen MR) is 86.1 cm³/mol. The Labute approximate surface area is 129 Å². The van der Waals surface area contributed by atoms with E-state index in [2.05, 4.69) is 36.9 Å². The molecule has 21 heavy (non-hydrogen) atoms. The fraction of sp³-hybridized carbons (Fsp3) is 0.250. The van der Waals surface area contributed by atoms with Crippen LogP contribution in [-0.4, -0.2) is 12.0 Å². The van der Waals surface area contributed by atoms with Gasteiger partial charge >= 0.3 is 0 Å². The minimum Gasteiger partial charge on any atom is -0.370 e. The van der Waals surface area contributed by atoms with E-state index in [1.54, 1.807) is 6.07 Å². The van der Waals surface area contributed by atoms with Crippen LogP contribution in [0.5, 0.6) is 0 Å². The first-order valence-electron chi connectivity index (χ1n) is 6.59. The van der Waals surface area contributed by atoms with Crippen molar-refractivity contribution in [1.82, 2.24) is 0 Å². The molecule has 0 fully saturated rings. The summed E-state index contributed by atoms with van der Waals surface area (Å²) in [7, 11) is 1.97. The van der Waals surface area contributed by atoms with E-state index >= 15 is 0 Å². The highest BCUT2D eigenvalue weighted by molar-refractivity contribution is 6.32. The van der Waals surface area contributed by atoms with E-state index in [0.29, 0.717) is 6.54 Å². The molecule has 0 aliphatic carbocycles. The van der Waals surface area contributed by atoms with Crippen molar-refractivity contribution >= 4 is 23.0 Å². The van der Waals surface area contributed by atoms with E-state index < -0.39 is 4.92 Å². The Bertz CT molecular complexity index is 686. The van der Waals surface area contributed by atoms with Gasteiger partial charge in [0.15, 0.2) is 0 Å². The van der Waals surface area contributed by atoms with Crippen LogP contribution < -0.4 is 4.90 Å². The first-order chi connectivity index (χ1) is 9.88. The summed E-state index contributed by atoms with van der Waals surface area (Å²) in [5.41, 5.74) is 4.31. The predicted octanol–water partition coefficient (Wildman–Crippen LogP) is 4.50. The van der Waals surface area contributed by atoms with Crippen LogP contribution in [0.1, 0.15) is 16.7 Å². The molecule has 2 rings (SSSR count). The second kappa shape index (κ2) is 6.14. The number of nitro benzene ring substituents is 1. The van der Waals surface area contributed by atoms with E-state index in [0.717, 1.165) is 11.3 Å². The zero-order chi connectivity index (χ0) is 15.6. The molecule has 0 bridgehead atoms.